The molecule has 2 aliphatic carbocycles. The summed E-state index contributed by atoms with van der Waals surface area (Å²) in [5.74, 6) is 0.988. The predicted octanol–water partition coefficient (Wildman–Crippen LogP) is 7.86. The lowest BCUT2D eigenvalue weighted by molar-refractivity contribution is -0.0119. The van der Waals surface area contributed by atoms with Crippen molar-refractivity contribution in [1.82, 2.24) is 0 Å². The molecule has 0 saturated carbocycles. The summed E-state index contributed by atoms with van der Waals surface area (Å²) in [6, 6.07) is 41.3. The van der Waals surface area contributed by atoms with Crippen LogP contribution in [0.15, 0.2) is 121 Å². The van der Waals surface area contributed by atoms with Crippen LogP contribution in [-0.2, 0) is 10.8 Å². The number of carbonyl (C=O) groups excluding carboxylic acids is 2. The van der Waals surface area contributed by atoms with Crippen molar-refractivity contribution in [2.45, 2.75) is 49.6 Å². The second kappa shape index (κ2) is 14.8. The number of anilines is 4. The molecule has 0 aromatic heterocycles. The first-order chi connectivity index (χ1) is 33.2. The monoisotopic (exact) mass is 910 g/mol. The van der Waals surface area contributed by atoms with E-state index in [2.05, 4.69) is 103 Å². The van der Waals surface area contributed by atoms with Gasteiger partial charge in [0.2, 0.25) is 0 Å². The van der Waals surface area contributed by atoms with E-state index in [0.29, 0.717) is 22.6 Å². The van der Waals surface area contributed by atoms with Gasteiger partial charge >= 0.3 is 11.4 Å². The highest BCUT2D eigenvalue weighted by molar-refractivity contribution is 7.01. The van der Waals surface area contributed by atoms with Crippen LogP contribution < -0.4 is 34.7 Å². The van der Waals surface area contributed by atoms with E-state index in [9.17, 15) is 20.7 Å². The van der Waals surface area contributed by atoms with Crippen LogP contribution in [0.5, 0.6) is 11.5 Å². The molecule has 68 heavy (non-hydrogen) atoms. The minimum atomic E-state index is -2.14. The molecular formula is C56H50N8O3Si. The Morgan fingerprint density at radius 3 is 1.15 bits per heavy atom. The van der Waals surface area contributed by atoms with E-state index >= 15 is 0 Å². The Morgan fingerprint density at radius 2 is 0.794 bits per heavy atom. The summed E-state index contributed by atoms with van der Waals surface area (Å²) in [7, 11) is -2.14. The molecule has 0 amide bonds. The third-order valence-electron chi connectivity index (χ3n) is 16.5. The van der Waals surface area contributed by atoms with Crippen LogP contribution in [0.3, 0.4) is 0 Å². The number of ketones is 2. The van der Waals surface area contributed by atoms with Gasteiger partial charge in [-0.2, -0.15) is 9.58 Å². The zero-order valence-electron chi connectivity index (χ0n) is 38.3. The molecular weight excluding hydrogens is 861 g/mol. The lowest BCUT2D eigenvalue weighted by atomic mass is 9.67. The van der Waals surface area contributed by atoms with Crippen LogP contribution in [0.1, 0.15) is 79.8 Å². The van der Waals surface area contributed by atoms with Gasteiger partial charge in [0.1, 0.15) is 19.6 Å². The van der Waals surface area contributed by atoms with Gasteiger partial charge in [-0.05, 0) is 94.7 Å². The van der Waals surface area contributed by atoms with Crippen molar-refractivity contribution >= 4 is 64.2 Å². The number of carbonyl (C=O) groups is 2. The first-order valence-corrected chi connectivity index (χ1v) is 27.2. The lowest BCUT2D eigenvalue weighted by Crippen LogP contribution is -2.65. The van der Waals surface area contributed by atoms with Crippen LogP contribution in [0.4, 0.5) is 22.7 Å². The Bertz CT molecular complexity index is 3180. The summed E-state index contributed by atoms with van der Waals surface area (Å²) in [6.07, 6.45) is 4.83. The molecule has 12 heteroatoms. The Labute approximate surface area is 396 Å². The zero-order valence-corrected chi connectivity index (χ0v) is 39.3. The average molecular weight is 911 g/mol. The Balaban J connectivity index is 0.000000135. The molecule has 0 atom stereocenters. The molecule has 11 nitrogen and oxygen atoms in total. The van der Waals surface area contributed by atoms with Gasteiger partial charge < -0.3 is 35.4 Å². The summed E-state index contributed by atoms with van der Waals surface area (Å²) >= 11 is 0. The van der Waals surface area contributed by atoms with Crippen molar-refractivity contribution in [2.24, 2.45) is 0 Å². The summed E-state index contributed by atoms with van der Waals surface area (Å²) in [4.78, 5) is 43.9. The number of hydrogen-bond donors (Lipinski definition) is 0. The van der Waals surface area contributed by atoms with Gasteiger partial charge in [-0.25, -0.2) is 0 Å². The van der Waals surface area contributed by atoms with Crippen molar-refractivity contribution in [3.05, 3.63) is 177 Å². The van der Waals surface area contributed by atoms with Crippen LogP contribution in [0.25, 0.3) is 11.1 Å². The topological polar surface area (TPSA) is 129 Å². The minimum absolute atomic E-state index is 0.128. The number of Topliss-reactive ketones (excluding diaryl/α,β-unsaturated/α-hetero) is 2. The molecule has 14 rings (SSSR count). The fourth-order valence-corrected chi connectivity index (χ4v) is 15.6. The van der Waals surface area contributed by atoms with Crippen LogP contribution in [0.2, 0.25) is 13.1 Å². The van der Waals surface area contributed by atoms with Crippen LogP contribution >= 0.6 is 0 Å². The fourth-order valence-electron chi connectivity index (χ4n) is 12.4. The van der Waals surface area contributed by atoms with Crippen LogP contribution in [-0.4, -0.2) is 93.0 Å². The first kappa shape index (κ1) is 40.9. The molecule has 6 aliphatic heterocycles. The largest absolute Gasteiger partial charge is 0.457 e. The highest BCUT2D eigenvalue weighted by atomic mass is 28.3. The number of hydrogen-bond acceptors (Lipinski definition) is 7. The van der Waals surface area contributed by atoms with Crippen molar-refractivity contribution in [3.63, 3.8) is 0 Å². The molecule has 0 unspecified atom stereocenters. The van der Waals surface area contributed by atoms with Gasteiger partial charge in [-0.15, -0.1) is 0 Å². The normalized spacial score (nSPS) is 19.9. The Hall–Kier alpha value is -7.36. The number of ether oxygens (including phenoxy) is 1. The van der Waals surface area contributed by atoms with Gasteiger partial charge in [0.15, 0.2) is 10.8 Å². The van der Waals surface area contributed by atoms with Crippen molar-refractivity contribution in [2.75, 3.05) is 72.0 Å². The molecule has 6 heterocycles. The lowest BCUT2D eigenvalue weighted by Gasteiger charge is -2.44. The molecule has 6 aromatic rings. The average Bonchev–Trinajstić information content (AvgIpc) is 3.68. The van der Waals surface area contributed by atoms with Gasteiger partial charge in [-0.3, -0.25) is 9.59 Å². The van der Waals surface area contributed by atoms with Gasteiger partial charge in [-0.1, -0.05) is 85.9 Å². The smallest absolute Gasteiger partial charge is 0.358 e. The van der Waals surface area contributed by atoms with Crippen LogP contribution in [0, 0.1) is 0 Å². The SMILES string of the molecule is C[Si]1(C)c2cc(N3CCC3)ccc2C2(C(=[N+]=[N-])C(=O)c3ccccc32)c2ccc(N3CCC3)cc21.[N-]=[N+]=C1C(=O)c2ccccc2C12c1ccc(N3CCC3)cc1Oc1cc(N3CCC3)ccc12. The molecule has 2 spiro atoms. The van der Waals surface area contributed by atoms with Crippen molar-refractivity contribution in [1.29, 1.82) is 0 Å². The number of rotatable bonds is 4. The van der Waals surface area contributed by atoms with E-state index in [4.69, 9.17) is 4.74 Å². The number of nitrogens with zero attached hydrogens (tertiary/aromatic N) is 8. The fraction of sp³-hybridized carbons (Fsp3) is 0.286. The Morgan fingerprint density at radius 1 is 0.456 bits per heavy atom. The van der Waals surface area contributed by atoms with E-state index in [1.54, 1.807) is 0 Å². The van der Waals surface area contributed by atoms with Crippen molar-refractivity contribution in [3.8, 4) is 11.5 Å². The number of benzene rings is 6. The molecule has 4 saturated heterocycles. The minimum Gasteiger partial charge on any atom is -0.457 e. The van der Waals surface area contributed by atoms with E-state index < -0.39 is 18.9 Å². The Kier molecular flexibility index (Phi) is 8.91. The van der Waals surface area contributed by atoms with Gasteiger partial charge in [0.05, 0.1) is 0 Å². The quantitative estimate of drug-likeness (QED) is 0.100. The molecule has 8 aliphatic rings. The maximum absolute atomic E-state index is 13.6. The van der Waals surface area contributed by atoms with E-state index in [0.717, 1.165) is 97.1 Å². The first-order valence-electron chi connectivity index (χ1n) is 24.2. The van der Waals surface area contributed by atoms with Gasteiger partial charge in [0, 0.05) is 109 Å². The third kappa shape index (κ3) is 5.36. The zero-order chi connectivity index (χ0) is 46.1. The second-order valence-corrected chi connectivity index (χ2v) is 24.4. The molecule has 4 fully saturated rings. The highest BCUT2D eigenvalue weighted by Crippen LogP contribution is 2.57. The van der Waals surface area contributed by atoms with E-state index in [-0.39, 0.29) is 23.0 Å². The van der Waals surface area contributed by atoms with Gasteiger partial charge in [0.25, 0.3) is 11.6 Å². The summed E-state index contributed by atoms with van der Waals surface area (Å²) in [6.45, 7) is 13.3. The number of fused-ring (bicyclic) bond motifs is 12. The predicted molar refractivity (Wildman–Crippen MR) is 268 cm³/mol. The van der Waals surface area contributed by atoms with E-state index in [1.165, 1.54) is 47.4 Å². The molecule has 336 valence electrons. The summed E-state index contributed by atoms with van der Waals surface area (Å²) in [5.41, 5.74) is 30.6. The highest BCUT2D eigenvalue weighted by Gasteiger charge is 2.64. The summed E-state index contributed by atoms with van der Waals surface area (Å²) in [5, 5.41) is 2.67. The molecule has 0 bridgehead atoms. The second-order valence-electron chi connectivity index (χ2n) is 20.1. The maximum Gasteiger partial charge on any atom is 0.358 e. The van der Waals surface area contributed by atoms with E-state index in [1.807, 2.05) is 60.7 Å². The summed E-state index contributed by atoms with van der Waals surface area (Å²) < 4.78 is 6.52. The molecule has 6 aromatic carbocycles. The molecule has 0 radical (unpaired) electrons. The maximum atomic E-state index is 13.6. The molecule has 0 N–H and O–H groups in total. The van der Waals surface area contributed by atoms with Crippen molar-refractivity contribution < 1.29 is 23.9 Å². The third-order valence-corrected chi connectivity index (χ3v) is 20.0. The standard InChI is InChI=1S/C29H28N4OSi.C27H22N4O2/c1-35(2)25-17-19(32-13-5-14-32)9-11-23(25)29(22-8-4-3-7-21(22)27(34)28(29)31-30)24-12-10-20(18-26(24)35)33-15-6-16-33;28-29-26-25(32)19-5-1-2-6-20(19)27(26)21-9-7-17(30-11-3-12-30)15-23(21)33-24-16-18(8-10-22(24)27)31-13-4-14-31/h3-4,7-12,17-18H,5-6,13-16H2,1-2H3;1-2,5-10,15-16H,3-4,11-14H2.